The monoisotopic (exact) mass is 545 g/mol. The summed E-state index contributed by atoms with van der Waals surface area (Å²) in [6, 6.07) is 3.30. The number of likely N-dealkylation sites (tertiary alicyclic amines) is 1. The summed E-state index contributed by atoms with van der Waals surface area (Å²) in [6.07, 6.45) is 6.18. The number of rotatable bonds is 8. The molecule has 5 heterocycles. The summed E-state index contributed by atoms with van der Waals surface area (Å²) >= 11 is 6.39. The van der Waals surface area contributed by atoms with Crippen LogP contribution < -0.4 is 10.6 Å². The molecule has 2 N–H and O–H groups in total. The van der Waals surface area contributed by atoms with Gasteiger partial charge in [-0.15, -0.1) is 0 Å². The Morgan fingerprint density at radius 3 is 2.68 bits per heavy atom. The number of nitrogens with two attached hydrogens (primary N) is 1. The van der Waals surface area contributed by atoms with Crippen LogP contribution in [0.3, 0.4) is 0 Å². The van der Waals surface area contributed by atoms with Crippen LogP contribution in [0.15, 0.2) is 40.8 Å². The van der Waals surface area contributed by atoms with Gasteiger partial charge in [0, 0.05) is 36.8 Å². The van der Waals surface area contributed by atoms with Gasteiger partial charge in [-0.25, -0.2) is 13.3 Å². The van der Waals surface area contributed by atoms with Crippen LogP contribution in [0.5, 0.6) is 5.75 Å². The summed E-state index contributed by atoms with van der Waals surface area (Å²) in [4.78, 5) is 11.3. The molecule has 9 nitrogen and oxygen atoms in total. The molecule has 202 valence electrons. The van der Waals surface area contributed by atoms with Crippen molar-refractivity contribution in [2.45, 2.75) is 44.7 Å². The fourth-order valence-electron chi connectivity index (χ4n) is 4.90. The lowest BCUT2D eigenvalue weighted by atomic mass is 10.0. The molecule has 2 aliphatic heterocycles. The Balaban J connectivity index is 1.35. The first kappa shape index (κ1) is 26.5. The number of fused-ring (bicyclic) bond motifs is 1. The fourth-order valence-corrected chi connectivity index (χ4v) is 5.12. The van der Waals surface area contributed by atoms with E-state index < -0.39 is 17.6 Å². The molecule has 0 spiro atoms. The summed E-state index contributed by atoms with van der Waals surface area (Å²) in [5.41, 5.74) is 2.54. The van der Waals surface area contributed by atoms with Gasteiger partial charge in [0.05, 0.1) is 60.7 Å². The minimum Gasteiger partial charge on any atom is -0.491 e. The maximum absolute atomic E-state index is 14.2. The molecule has 38 heavy (non-hydrogen) atoms. The van der Waals surface area contributed by atoms with Crippen molar-refractivity contribution in [3.63, 3.8) is 0 Å². The first-order valence-electron chi connectivity index (χ1n) is 12.6. The number of halogens is 3. The highest BCUT2D eigenvalue weighted by atomic mass is 35.5. The fraction of sp³-hybridized carbons (Fsp3) is 0.462. The normalized spacial score (nSPS) is 19.1. The molecule has 0 bridgehead atoms. The number of nitrogens with zero attached hydrogens (tertiary/aromatic N) is 6. The van der Waals surface area contributed by atoms with Gasteiger partial charge in [0.1, 0.15) is 28.6 Å². The molecule has 2 saturated heterocycles. The SMILES string of the molecule is CC(=NC1CCN(C2COC2)CC1)/C(=N\N)c1cc(OCC(C)c2ncc(F)cc2F)c2c(Cl)cnn2c1. The van der Waals surface area contributed by atoms with Crippen molar-refractivity contribution >= 4 is 28.5 Å². The molecule has 1 atom stereocenters. The number of pyridine rings is 2. The van der Waals surface area contributed by atoms with Gasteiger partial charge in [-0.05, 0) is 25.8 Å². The van der Waals surface area contributed by atoms with Gasteiger partial charge in [0.2, 0.25) is 0 Å². The molecule has 0 amide bonds. The Hall–Kier alpha value is -3.15. The van der Waals surface area contributed by atoms with Crippen molar-refractivity contribution in [2.24, 2.45) is 15.9 Å². The minimum absolute atomic E-state index is 0.0724. The Morgan fingerprint density at radius 2 is 2.03 bits per heavy atom. The molecule has 3 aromatic rings. The van der Waals surface area contributed by atoms with Crippen molar-refractivity contribution < 1.29 is 18.3 Å². The lowest BCUT2D eigenvalue weighted by molar-refractivity contribution is -0.0709. The van der Waals surface area contributed by atoms with Crippen LogP contribution in [0.2, 0.25) is 5.02 Å². The number of piperidine rings is 1. The average molecular weight is 546 g/mol. The smallest absolute Gasteiger partial charge is 0.148 e. The van der Waals surface area contributed by atoms with E-state index in [9.17, 15) is 8.78 Å². The van der Waals surface area contributed by atoms with Crippen molar-refractivity contribution in [3.05, 3.63) is 58.6 Å². The molecule has 2 aliphatic rings. The third kappa shape index (κ3) is 5.50. The number of aromatic nitrogens is 3. The van der Waals surface area contributed by atoms with Crippen LogP contribution in [0.1, 0.15) is 43.9 Å². The molecule has 0 radical (unpaired) electrons. The largest absolute Gasteiger partial charge is 0.491 e. The maximum atomic E-state index is 14.2. The Kier molecular flexibility index (Phi) is 7.87. The summed E-state index contributed by atoms with van der Waals surface area (Å²) in [5.74, 6) is 4.34. The van der Waals surface area contributed by atoms with E-state index in [1.54, 1.807) is 23.7 Å². The zero-order valence-electron chi connectivity index (χ0n) is 21.3. The topological polar surface area (TPSA) is 103 Å². The standard InChI is InChI=1S/C26H30ClF2N7O2/c1-15(24-22(29)8-18(28)9-31-24)12-38-23-7-17(11-36-26(23)21(27)10-32-36)25(34-30)16(2)33-19-3-5-35(6-4-19)20-13-37-14-20/h7-11,15,19-20H,3-6,12-14,30H2,1-2H3/b33-16?,34-25+. The highest BCUT2D eigenvalue weighted by Crippen LogP contribution is 2.30. The zero-order chi connectivity index (χ0) is 26.8. The van der Waals surface area contributed by atoms with Crippen molar-refractivity contribution in [1.82, 2.24) is 19.5 Å². The van der Waals surface area contributed by atoms with E-state index in [1.165, 1.54) is 6.20 Å². The molecule has 0 aromatic carbocycles. The van der Waals surface area contributed by atoms with E-state index in [4.69, 9.17) is 31.9 Å². The minimum atomic E-state index is -0.732. The van der Waals surface area contributed by atoms with Crippen molar-refractivity contribution in [1.29, 1.82) is 0 Å². The Morgan fingerprint density at radius 1 is 1.26 bits per heavy atom. The molecule has 12 heteroatoms. The molecule has 2 fully saturated rings. The second-order valence-corrected chi connectivity index (χ2v) is 10.2. The third-order valence-corrected chi connectivity index (χ3v) is 7.36. The second kappa shape index (κ2) is 11.3. The lowest BCUT2D eigenvalue weighted by Gasteiger charge is -2.40. The van der Waals surface area contributed by atoms with Gasteiger partial charge in [-0.3, -0.25) is 14.9 Å². The van der Waals surface area contributed by atoms with Crippen molar-refractivity contribution in [3.8, 4) is 5.75 Å². The van der Waals surface area contributed by atoms with E-state index in [0.717, 1.165) is 51.4 Å². The molecule has 0 aliphatic carbocycles. The molecule has 3 aromatic heterocycles. The molecular weight excluding hydrogens is 516 g/mol. The van der Waals surface area contributed by atoms with Crippen LogP contribution in [0, 0.1) is 11.6 Å². The predicted octanol–water partition coefficient (Wildman–Crippen LogP) is 3.83. The van der Waals surface area contributed by atoms with E-state index >= 15 is 0 Å². The number of hydrogen-bond acceptors (Lipinski definition) is 8. The molecule has 5 rings (SSSR count). The Labute approximate surface area is 224 Å². The third-order valence-electron chi connectivity index (χ3n) is 7.08. The van der Waals surface area contributed by atoms with E-state index in [1.807, 2.05) is 6.92 Å². The number of hydrazone groups is 1. The Bertz CT molecular complexity index is 1370. The second-order valence-electron chi connectivity index (χ2n) is 9.76. The molecule has 0 saturated carbocycles. The van der Waals surface area contributed by atoms with Gasteiger partial charge < -0.3 is 15.3 Å². The van der Waals surface area contributed by atoms with E-state index in [-0.39, 0.29) is 18.3 Å². The first-order chi connectivity index (χ1) is 18.3. The van der Waals surface area contributed by atoms with E-state index in [0.29, 0.717) is 39.3 Å². The van der Waals surface area contributed by atoms with Gasteiger partial charge in [-0.1, -0.05) is 18.5 Å². The van der Waals surface area contributed by atoms with Gasteiger partial charge in [-0.2, -0.15) is 10.2 Å². The summed E-state index contributed by atoms with van der Waals surface area (Å²) < 4.78 is 40.5. The number of aliphatic imine (C=N–C) groups is 1. The summed E-state index contributed by atoms with van der Waals surface area (Å²) in [6.45, 7) is 7.32. The van der Waals surface area contributed by atoms with Gasteiger partial charge in [0.15, 0.2) is 0 Å². The van der Waals surface area contributed by atoms with Crippen LogP contribution in [-0.2, 0) is 4.74 Å². The average Bonchev–Trinajstić information content (AvgIpc) is 3.23. The van der Waals surface area contributed by atoms with E-state index in [2.05, 4.69) is 20.1 Å². The quantitative estimate of drug-likeness (QED) is 0.262. The summed E-state index contributed by atoms with van der Waals surface area (Å²) in [7, 11) is 0. The lowest BCUT2D eigenvalue weighted by Crippen LogP contribution is -2.52. The predicted molar refractivity (Wildman–Crippen MR) is 141 cm³/mol. The highest BCUT2D eigenvalue weighted by molar-refractivity contribution is 6.47. The molecular formula is C26H30ClF2N7O2. The zero-order valence-corrected chi connectivity index (χ0v) is 22.0. The number of hydrogen-bond donors (Lipinski definition) is 1. The van der Waals surface area contributed by atoms with Gasteiger partial charge in [0.25, 0.3) is 0 Å². The van der Waals surface area contributed by atoms with Crippen LogP contribution >= 0.6 is 11.6 Å². The van der Waals surface area contributed by atoms with Crippen molar-refractivity contribution in [2.75, 3.05) is 32.9 Å². The highest BCUT2D eigenvalue weighted by Gasteiger charge is 2.29. The van der Waals surface area contributed by atoms with Crippen LogP contribution in [0.4, 0.5) is 8.78 Å². The number of ether oxygens (including phenoxy) is 2. The van der Waals surface area contributed by atoms with Crippen LogP contribution in [0.25, 0.3) is 5.52 Å². The van der Waals surface area contributed by atoms with Crippen LogP contribution in [-0.4, -0.2) is 75.9 Å². The molecule has 1 unspecified atom stereocenters. The maximum Gasteiger partial charge on any atom is 0.148 e. The first-order valence-corrected chi connectivity index (χ1v) is 13.0. The van der Waals surface area contributed by atoms with Gasteiger partial charge >= 0.3 is 0 Å². The summed E-state index contributed by atoms with van der Waals surface area (Å²) in [5, 5.41) is 8.75.